The van der Waals surface area contributed by atoms with E-state index in [4.69, 9.17) is 0 Å². The summed E-state index contributed by atoms with van der Waals surface area (Å²) < 4.78 is 1.61. The second-order valence-electron chi connectivity index (χ2n) is 3.02. The van der Waals surface area contributed by atoms with Crippen molar-refractivity contribution in [3.63, 3.8) is 0 Å². The van der Waals surface area contributed by atoms with E-state index >= 15 is 0 Å². The zero-order chi connectivity index (χ0) is 11.5. The number of hydrogen-bond acceptors (Lipinski definition) is 6. The van der Waals surface area contributed by atoms with Crippen LogP contribution in [0.1, 0.15) is 9.80 Å². The summed E-state index contributed by atoms with van der Waals surface area (Å²) in [6.45, 7) is 0. The molecule has 0 aliphatic carbocycles. The molecule has 2 N–H and O–H groups in total. The number of carbonyl (C=O) groups is 1. The van der Waals surface area contributed by atoms with Crippen LogP contribution in [-0.4, -0.2) is 32.9 Å². The normalized spacial score (nSPS) is 10.1. The minimum atomic E-state index is -0.285. The Balaban J connectivity index is 2.08. The fourth-order valence-electron chi connectivity index (χ4n) is 1.09. The third-order valence-electron chi connectivity index (χ3n) is 1.80. The van der Waals surface area contributed by atoms with E-state index in [1.165, 1.54) is 11.3 Å². The number of anilines is 2. The molecular formula is C8H10N6OS. The second kappa shape index (κ2) is 4.27. The van der Waals surface area contributed by atoms with Gasteiger partial charge in [-0.2, -0.15) is 5.10 Å². The molecule has 2 heterocycles. The molecule has 8 heteroatoms. The van der Waals surface area contributed by atoms with E-state index in [1.807, 2.05) is 0 Å². The molecule has 0 unspecified atom stereocenters. The lowest BCUT2D eigenvalue weighted by atomic mass is 10.5. The van der Waals surface area contributed by atoms with Crippen molar-refractivity contribution in [2.45, 2.75) is 0 Å². The van der Waals surface area contributed by atoms with Gasteiger partial charge in [-0.3, -0.25) is 9.48 Å². The first-order valence-electron chi connectivity index (χ1n) is 4.50. The maximum atomic E-state index is 11.7. The van der Waals surface area contributed by atoms with Crippen molar-refractivity contribution >= 4 is 28.1 Å². The first-order chi connectivity index (χ1) is 7.69. The molecule has 2 rings (SSSR count). The third kappa shape index (κ3) is 2.16. The van der Waals surface area contributed by atoms with Gasteiger partial charge in [0.15, 0.2) is 0 Å². The molecule has 2 aromatic rings. The van der Waals surface area contributed by atoms with Crippen LogP contribution in [0.4, 0.5) is 10.8 Å². The van der Waals surface area contributed by atoms with E-state index in [1.54, 1.807) is 31.2 Å². The molecule has 0 saturated heterocycles. The topological polar surface area (TPSA) is 84.7 Å². The molecule has 0 aliphatic rings. The van der Waals surface area contributed by atoms with Gasteiger partial charge in [-0.25, -0.2) is 0 Å². The van der Waals surface area contributed by atoms with Crippen molar-refractivity contribution in [1.29, 1.82) is 0 Å². The fraction of sp³-hybridized carbons (Fsp3) is 0.250. The zero-order valence-electron chi connectivity index (χ0n) is 8.76. The maximum Gasteiger partial charge on any atom is 0.286 e. The number of hydrogen-bond donors (Lipinski definition) is 2. The number of amides is 1. The molecule has 1 amide bonds. The van der Waals surface area contributed by atoms with Crippen LogP contribution in [0, 0.1) is 0 Å². The predicted molar refractivity (Wildman–Crippen MR) is 60.6 cm³/mol. The van der Waals surface area contributed by atoms with Gasteiger partial charge in [0.1, 0.15) is 0 Å². The van der Waals surface area contributed by atoms with E-state index in [9.17, 15) is 4.79 Å². The summed E-state index contributed by atoms with van der Waals surface area (Å²) in [5.41, 5.74) is 0.633. The number of carbonyl (C=O) groups excluding carboxylic acids is 1. The molecule has 0 aliphatic heterocycles. The van der Waals surface area contributed by atoms with Crippen LogP contribution in [0.2, 0.25) is 0 Å². The van der Waals surface area contributed by atoms with E-state index in [2.05, 4.69) is 25.9 Å². The highest BCUT2D eigenvalue weighted by Crippen LogP contribution is 2.15. The first-order valence-corrected chi connectivity index (χ1v) is 5.32. The molecule has 0 aromatic carbocycles. The van der Waals surface area contributed by atoms with Crippen molar-refractivity contribution in [2.24, 2.45) is 7.05 Å². The summed E-state index contributed by atoms with van der Waals surface area (Å²) in [7, 11) is 3.50. The predicted octanol–water partition coefficient (Wildman–Crippen LogP) is 0.566. The van der Waals surface area contributed by atoms with Crippen molar-refractivity contribution < 1.29 is 4.79 Å². The standard InChI is InChI=1S/C8H10N6OS/c1-9-8-13-12-7(16-8)6(15)11-5-3-10-14(2)4-5/h3-4H,1-2H3,(H,9,13)(H,11,15). The molecular weight excluding hydrogens is 228 g/mol. The van der Waals surface area contributed by atoms with Gasteiger partial charge in [0, 0.05) is 20.3 Å². The van der Waals surface area contributed by atoms with E-state index in [0.29, 0.717) is 15.8 Å². The summed E-state index contributed by atoms with van der Waals surface area (Å²) in [6.07, 6.45) is 3.27. The van der Waals surface area contributed by atoms with Crippen LogP contribution in [0.3, 0.4) is 0 Å². The Morgan fingerprint density at radius 3 is 2.88 bits per heavy atom. The number of nitrogens with one attached hydrogen (secondary N) is 2. The molecule has 16 heavy (non-hydrogen) atoms. The number of aromatic nitrogens is 4. The summed E-state index contributed by atoms with van der Waals surface area (Å²) >= 11 is 1.19. The van der Waals surface area contributed by atoms with Gasteiger partial charge in [-0.15, -0.1) is 10.2 Å². The number of aryl methyl sites for hydroxylation is 1. The fourth-order valence-corrected chi connectivity index (χ4v) is 1.68. The van der Waals surface area contributed by atoms with E-state index in [-0.39, 0.29) is 5.91 Å². The highest BCUT2D eigenvalue weighted by molar-refractivity contribution is 7.17. The summed E-state index contributed by atoms with van der Waals surface area (Å²) in [5, 5.41) is 17.9. The molecule has 2 aromatic heterocycles. The number of rotatable bonds is 3. The van der Waals surface area contributed by atoms with Crippen molar-refractivity contribution in [2.75, 3.05) is 17.7 Å². The third-order valence-corrected chi connectivity index (χ3v) is 2.74. The average molecular weight is 238 g/mol. The Morgan fingerprint density at radius 1 is 1.50 bits per heavy atom. The largest absolute Gasteiger partial charge is 0.363 e. The Hall–Kier alpha value is -1.96. The van der Waals surface area contributed by atoms with E-state index < -0.39 is 0 Å². The molecule has 0 radical (unpaired) electrons. The van der Waals surface area contributed by atoms with Gasteiger partial charge in [-0.1, -0.05) is 11.3 Å². The Labute approximate surface area is 95.5 Å². The Kier molecular flexibility index (Phi) is 2.82. The van der Waals surface area contributed by atoms with Crippen LogP contribution >= 0.6 is 11.3 Å². The summed E-state index contributed by atoms with van der Waals surface area (Å²) in [6, 6.07) is 0. The summed E-state index contributed by atoms with van der Waals surface area (Å²) in [5.74, 6) is -0.285. The molecule has 0 saturated carbocycles. The molecule has 0 bridgehead atoms. The van der Waals surface area contributed by atoms with Crippen LogP contribution in [0.25, 0.3) is 0 Å². The van der Waals surface area contributed by atoms with Crippen molar-refractivity contribution in [3.8, 4) is 0 Å². The molecule has 0 spiro atoms. The SMILES string of the molecule is CNc1nnc(C(=O)Nc2cnn(C)c2)s1. The van der Waals surface area contributed by atoms with Crippen LogP contribution in [0.15, 0.2) is 12.4 Å². The van der Waals surface area contributed by atoms with Crippen molar-refractivity contribution in [1.82, 2.24) is 20.0 Å². The lowest BCUT2D eigenvalue weighted by molar-refractivity contribution is 0.102. The highest BCUT2D eigenvalue weighted by Gasteiger charge is 2.12. The van der Waals surface area contributed by atoms with Gasteiger partial charge in [0.05, 0.1) is 11.9 Å². The summed E-state index contributed by atoms with van der Waals surface area (Å²) in [4.78, 5) is 11.7. The van der Waals surface area contributed by atoms with Crippen molar-refractivity contribution in [3.05, 3.63) is 17.4 Å². The van der Waals surface area contributed by atoms with Gasteiger partial charge >= 0.3 is 0 Å². The first kappa shape index (κ1) is 10.6. The quantitative estimate of drug-likeness (QED) is 0.816. The Bertz CT molecular complexity index is 504. The zero-order valence-corrected chi connectivity index (χ0v) is 9.58. The highest BCUT2D eigenvalue weighted by atomic mass is 32.1. The lowest BCUT2D eigenvalue weighted by Gasteiger charge is -1.96. The van der Waals surface area contributed by atoms with Crippen LogP contribution in [-0.2, 0) is 7.05 Å². The molecule has 84 valence electrons. The van der Waals surface area contributed by atoms with E-state index in [0.717, 1.165) is 0 Å². The van der Waals surface area contributed by atoms with Crippen LogP contribution in [0.5, 0.6) is 0 Å². The van der Waals surface area contributed by atoms with Gasteiger partial charge < -0.3 is 10.6 Å². The maximum absolute atomic E-state index is 11.7. The average Bonchev–Trinajstić information content (AvgIpc) is 2.87. The van der Waals surface area contributed by atoms with Gasteiger partial charge in [-0.05, 0) is 0 Å². The minimum absolute atomic E-state index is 0.285. The Morgan fingerprint density at radius 2 is 2.31 bits per heavy atom. The lowest BCUT2D eigenvalue weighted by Crippen LogP contribution is -2.10. The molecule has 0 atom stereocenters. The smallest absolute Gasteiger partial charge is 0.286 e. The number of nitrogens with zero attached hydrogens (tertiary/aromatic N) is 4. The molecule has 0 fully saturated rings. The monoisotopic (exact) mass is 238 g/mol. The van der Waals surface area contributed by atoms with Gasteiger partial charge in [0.25, 0.3) is 5.91 Å². The van der Waals surface area contributed by atoms with Gasteiger partial charge in [0.2, 0.25) is 10.1 Å². The second-order valence-corrected chi connectivity index (χ2v) is 4.00. The molecule has 7 nitrogen and oxygen atoms in total. The van der Waals surface area contributed by atoms with Crippen LogP contribution < -0.4 is 10.6 Å². The minimum Gasteiger partial charge on any atom is -0.363 e.